The molecule has 4 heteroatoms. The molecule has 1 heterocycles. The van der Waals surface area contributed by atoms with E-state index in [1.807, 2.05) is 18.2 Å². The van der Waals surface area contributed by atoms with Gasteiger partial charge in [-0.1, -0.05) is 12.1 Å². The first-order chi connectivity index (χ1) is 8.09. The standard InChI is InChI=1S/C13H19N3O/c1-13(5-6-15-9-13)16-8-10-3-2-4-11(7-10)12(14)17/h2-4,7,15-16H,5-6,8-9H2,1H3,(H2,14,17). The lowest BCUT2D eigenvalue weighted by Crippen LogP contribution is -2.43. The number of primary amides is 1. The van der Waals surface area contributed by atoms with Gasteiger partial charge in [0.1, 0.15) is 0 Å². The van der Waals surface area contributed by atoms with Crippen molar-refractivity contribution in [1.29, 1.82) is 0 Å². The molecule has 0 bridgehead atoms. The minimum absolute atomic E-state index is 0.155. The Morgan fingerprint density at radius 1 is 1.59 bits per heavy atom. The van der Waals surface area contributed by atoms with Crippen LogP contribution in [0.4, 0.5) is 0 Å². The third kappa shape index (κ3) is 3.05. The van der Waals surface area contributed by atoms with Gasteiger partial charge in [0.15, 0.2) is 0 Å². The van der Waals surface area contributed by atoms with Crippen molar-refractivity contribution in [2.24, 2.45) is 5.73 Å². The topological polar surface area (TPSA) is 67.1 Å². The summed E-state index contributed by atoms with van der Waals surface area (Å²) in [5.41, 5.74) is 7.07. The lowest BCUT2D eigenvalue weighted by molar-refractivity contribution is 0.1000. The van der Waals surface area contributed by atoms with E-state index in [4.69, 9.17) is 5.73 Å². The number of hydrogen-bond acceptors (Lipinski definition) is 3. The number of nitrogens with two attached hydrogens (primary N) is 1. The first-order valence-corrected chi connectivity index (χ1v) is 5.94. The van der Waals surface area contributed by atoms with Crippen molar-refractivity contribution in [3.63, 3.8) is 0 Å². The third-order valence-corrected chi connectivity index (χ3v) is 3.30. The average Bonchev–Trinajstić information content (AvgIpc) is 2.75. The number of carbonyl (C=O) groups excluding carboxylic acids is 1. The Hall–Kier alpha value is -1.39. The molecule has 92 valence electrons. The summed E-state index contributed by atoms with van der Waals surface area (Å²) >= 11 is 0. The Labute approximate surface area is 102 Å². The minimum atomic E-state index is -0.374. The number of carbonyl (C=O) groups is 1. The molecule has 0 aliphatic carbocycles. The van der Waals surface area contributed by atoms with E-state index in [0.29, 0.717) is 5.56 Å². The zero-order chi connectivity index (χ0) is 12.3. The lowest BCUT2D eigenvalue weighted by Gasteiger charge is -2.24. The Kier molecular flexibility index (Phi) is 3.45. The lowest BCUT2D eigenvalue weighted by atomic mass is 10.0. The van der Waals surface area contributed by atoms with Gasteiger partial charge in [0, 0.05) is 24.2 Å². The monoisotopic (exact) mass is 233 g/mol. The van der Waals surface area contributed by atoms with Crippen LogP contribution in [-0.4, -0.2) is 24.5 Å². The minimum Gasteiger partial charge on any atom is -0.366 e. The average molecular weight is 233 g/mol. The molecule has 0 radical (unpaired) electrons. The van der Waals surface area contributed by atoms with Gasteiger partial charge in [-0.2, -0.15) is 0 Å². The highest BCUT2D eigenvalue weighted by Crippen LogP contribution is 2.14. The third-order valence-electron chi connectivity index (χ3n) is 3.30. The Bertz CT molecular complexity index is 411. The molecule has 1 amide bonds. The van der Waals surface area contributed by atoms with Crippen LogP contribution in [0.2, 0.25) is 0 Å². The molecule has 2 rings (SSSR count). The highest BCUT2D eigenvalue weighted by atomic mass is 16.1. The van der Waals surface area contributed by atoms with Crippen LogP contribution < -0.4 is 16.4 Å². The van der Waals surface area contributed by atoms with Crippen molar-refractivity contribution in [2.45, 2.75) is 25.4 Å². The van der Waals surface area contributed by atoms with E-state index in [-0.39, 0.29) is 11.4 Å². The first-order valence-electron chi connectivity index (χ1n) is 5.94. The molecule has 0 saturated carbocycles. The highest BCUT2D eigenvalue weighted by molar-refractivity contribution is 5.92. The van der Waals surface area contributed by atoms with Crippen LogP contribution in [0, 0.1) is 0 Å². The van der Waals surface area contributed by atoms with Crippen molar-refractivity contribution in [1.82, 2.24) is 10.6 Å². The quantitative estimate of drug-likeness (QED) is 0.714. The van der Waals surface area contributed by atoms with Crippen LogP contribution in [0.25, 0.3) is 0 Å². The Balaban J connectivity index is 1.99. The molecule has 4 N–H and O–H groups in total. The van der Waals surface area contributed by atoms with Gasteiger partial charge in [0.2, 0.25) is 5.91 Å². The summed E-state index contributed by atoms with van der Waals surface area (Å²) in [4.78, 5) is 11.1. The molecule has 1 fully saturated rings. The second kappa shape index (κ2) is 4.85. The van der Waals surface area contributed by atoms with Gasteiger partial charge in [-0.3, -0.25) is 4.79 Å². The predicted molar refractivity (Wildman–Crippen MR) is 67.7 cm³/mol. The smallest absolute Gasteiger partial charge is 0.248 e. The van der Waals surface area contributed by atoms with E-state index < -0.39 is 0 Å². The van der Waals surface area contributed by atoms with Crippen molar-refractivity contribution < 1.29 is 4.79 Å². The summed E-state index contributed by atoms with van der Waals surface area (Å²) in [6, 6.07) is 7.46. The van der Waals surface area contributed by atoms with Gasteiger partial charge in [-0.15, -0.1) is 0 Å². The van der Waals surface area contributed by atoms with Gasteiger partial charge in [0.25, 0.3) is 0 Å². The Morgan fingerprint density at radius 3 is 3.06 bits per heavy atom. The van der Waals surface area contributed by atoms with Crippen molar-refractivity contribution >= 4 is 5.91 Å². The summed E-state index contributed by atoms with van der Waals surface area (Å²) in [6.45, 7) is 5.03. The Morgan fingerprint density at radius 2 is 2.41 bits per heavy atom. The largest absolute Gasteiger partial charge is 0.366 e. The fraction of sp³-hybridized carbons (Fsp3) is 0.462. The molecule has 17 heavy (non-hydrogen) atoms. The normalized spacial score (nSPS) is 23.8. The maximum Gasteiger partial charge on any atom is 0.248 e. The summed E-state index contributed by atoms with van der Waals surface area (Å²) in [7, 11) is 0. The second-order valence-electron chi connectivity index (χ2n) is 4.91. The fourth-order valence-electron chi connectivity index (χ4n) is 2.12. The number of benzene rings is 1. The zero-order valence-corrected chi connectivity index (χ0v) is 10.1. The van der Waals surface area contributed by atoms with Crippen LogP contribution in [0.15, 0.2) is 24.3 Å². The van der Waals surface area contributed by atoms with E-state index in [0.717, 1.165) is 31.6 Å². The summed E-state index contributed by atoms with van der Waals surface area (Å²) in [5.74, 6) is -0.374. The van der Waals surface area contributed by atoms with E-state index in [2.05, 4.69) is 17.6 Å². The highest BCUT2D eigenvalue weighted by Gasteiger charge is 2.27. The number of rotatable bonds is 4. The van der Waals surface area contributed by atoms with E-state index in [9.17, 15) is 4.79 Å². The first kappa shape index (κ1) is 12.1. The maximum atomic E-state index is 11.1. The molecule has 1 aliphatic heterocycles. The zero-order valence-electron chi connectivity index (χ0n) is 10.1. The van der Waals surface area contributed by atoms with Gasteiger partial charge >= 0.3 is 0 Å². The molecule has 1 aromatic carbocycles. The molecular formula is C13H19N3O. The summed E-state index contributed by atoms with van der Waals surface area (Å²) in [5, 5.41) is 6.87. The molecule has 1 unspecified atom stereocenters. The SMILES string of the molecule is CC1(NCc2cccc(C(N)=O)c2)CCNC1. The molecule has 4 nitrogen and oxygen atoms in total. The molecule has 1 atom stereocenters. The van der Waals surface area contributed by atoms with E-state index in [1.165, 1.54) is 0 Å². The van der Waals surface area contributed by atoms with Crippen LogP contribution in [0.3, 0.4) is 0 Å². The molecule has 1 saturated heterocycles. The van der Waals surface area contributed by atoms with E-state index in [1.54, 1.807) is 6.07 Å². The van der Waals surface area contributed by atoms with Crippen molar-refractivity contribution in [3.8, 4) is 0 Å². The second-order valence-corrected chi connectivity index (χ2v) is 4.91. The van der Waals surface area contributed by atoms with Gasteiger partial charge in [-0.25, -0.2) is 0 Å². The van der Waals surface area contributed by atoms with Crippen LogP contribution in [0.1, 0.15) is 29.3 Å². The van der Waals surface area contributed by atoms with Crippen molar-refractivity contribution in [2.75, 3.05) is 13.1 Å². The van der Waals surface area contributed by atoms with Gasteiger partial charge in [-0.05, 0) is 37.6 Å². The number of hydrogen-bond donors (Lipinski definition) is 3. The van der Waals surface area contributed by atoms with Crippen molar-refractivity contribution in [3.05, 3.63) is 35.4 Å². The molecular weight excluding hydrogens is 214 g/mol. The van der Waals surface area contributed by atoms with Crippen LogP contribution in [-0.2, 0) is 6.54 Å². The van der Waals surface area contributed by atoms with Crippen LogP contribution >= 0.6 is 0 Å². The fourth-order valence-corrected chi connectivity index (χ4v) is 2.12. The number of nitrogens with one attached hydrogen (secondary N) is 2. The molecule has 1 aliphatic rings. The maximum absolute atomic E-state index is 11.1. The predicted octanol–water partition coefficient (Wildman–Crippen LogP) is 0.627. The number of amides is 1. The van der Waals surface area contributed by atoms with Gasteiger partial charge in [0.05, 0.1) is 0 Å². The summed E-state index contributed by atoms with van der Waals surface area (Å²) in [6.07, 6.45) is 1.13. The molecule has 0 aromatic heterocycles. The molecule has 0 spiro atoms. The van der Waals surface area contributed by atoms with Crippen LogP contribution in [0.5, 0.6) is 0 Å². The molecule has 1 aromatic rings. The summed E-state index contributed by atoms with van der Waals surface area (Å²) < 4.78 is 0. The van der Waals surface area contributed by atoms with E-state index >= 15 is 0 Å². The van der Waals surface area contributed by atoms with Gasteiger partial charge < -0.3 is 16.4 Å².